The molecule has 0 radical (unpaired) electrons. The Morgan fingerprint density at radius 1 is 1.33 bits per heavy atom. The lowest BCUT2D eigenvalue weighted by atomic mass is 9.98. The molecule has 0 rings (SSSR count). The van der Waals surface area contributed by atoms with Crippen molar-refractivity contribution in [2.24, 2.45) is 5.92 Å². The lowest BCUT2D eigenvalue weighted by molar-refractivity contribution is -0.139. The molecule has 0 amide bonds. The van der Waals surface area contributed by atoms with Gasteiger partial charge in [0.1, 0.15) is 5.78 Å². The molecule has 0 aliphatic rings. The van der Waals surface area contributed by atoms with Gasteiger partial charge in [-0.25, -0.2) is 0 Å². The van der Waals surface area contributed by atoms with Crippen molar-refractivity contribution in [2.45, 2.75) is 39.5 Å². The highest BCUT2D eigenvalue weighted by Gasteiger charge is 2.12. The maximum Gasteiger partial charge on any atom is 0.303 e. The van der Waals surface area contributed by atoms with Crippen LogP contribution < -0.4 is 0 Å². The average molecular weight is 172 g/mol. The van der Waals surface area contributed by atoms with Gasteiger partial charge in [0.25, 0.3) is 0 Å². The van der Waals surface area contributed by atoms with E-state index in [0.717, 1.165) is 12.8 Å². The summed E-state index contributed by atoms with van der Waals surface area (Å²) in [6, 6.07) is 0. The van der Waals surface area contributed by atoms with Crippen molar-refractivity contribution in [3.8, 4) is 0 Å². The molecule has 0 saturated carbocycles. The second kappa shape index (κ2) is 5.75. The van der Waals surface area contributed by atoms with Gasteiger partial charge in [-0.3, -0.25) is 9.59 Å². The highest BCUT2D eigenvalue weighted by atomic mass is 16.4. The maximum atomic E-state index is 11.2. The first-order chi connectivity index (χ1) is 5.57. The predicted molar refractivity (Wildman–Crippen MR) is 45.9 cm³/mol. The van der Waals surface area contributed by atoms with Gasteiger partial charge in [-0.05, 0) is 6.42 Å². The van der Waals surface area contributed by atoms with E-state index in [9.17, 15) is 9.59 Å². The molecular formula is C9H16O3. The monoisotopic (exact) mass is 172 g/mol. The van der Waals surface area contributed by atoms with Gasteiger partial charge in [0.2, 0.25) is 0 Å². The van der Waals surface area contributed by atoms with Gasteiger partial charge in [-0.15, -0.1) is 0 Å². The van der Waals surface area contributed by atoms with Crippen molar-refractivity contribution in [3.05, 3.63) is 0 Å². The smallest absolute Gasteiger partial charge is 0.303 e. The molecule has 0 spiro atoms. The minimum Gasteiger partial charge on any atom is -0.481 e. The second-order valence-corrected chi connectivity index (χ2v) is 3.05. The van der Waals surface area contributed by atoms with E-state index >= 15 is 0 Å². The predicted octanol–water partition coefficient (Wildman–Crippen LogP) is 1.86. The zero-order chi connectivity index (χ0) is 9.56. The lowest BCUT2D eigenvalue weighted by Crippen LogP contribution is -2.12. The largest absolute Gasteiger partial charge is 0.481 e. The Bertz CT molecular complexity index is 163. The number of hydrogen-bond donors (Lipinski definition) is 1. The van der Waals surface area contributed by atoms with Gasteiger partial charge in [-0.1, -0.05) is 20.3 Å². The molecule has 1 atom stereocenters. The fourth-order valence-corrected chi connectivity index (χ4v) is 1.07. The van der Waals surface area contributed by atoms with Crippen LogP contribution in [0.2, 0.25) is 0 Å². The van der Waals surface area contributed by atoms with Gasteiger partial charge < -0.3 is 5.11 Å². The topological polar surface area (TPSA) is 54.4 Å². The van der Waals surface area contributed by atoms with Crippen LogP contribution in [0.4, 0.5) is 0 Å². The normalized spacial score (nSPS) is 12.5. The molecule has 0 heterocycles. The van der Waals surface area contributed by atoms with Crippen LogP contribution >= 0.6 is 0 Å². The standard InChI is InChI=1S/C9H16O3/c1-3-4-7(2)8(10)5-6-9(11)12/h7H,3-6H2,1-2H3,(H,11,12). The third-order valence-electron chi connectivity index (χ3n) is 1.86. The number of carboxylic acid groups (broad SMARTS) is 1. The molecule has 1 unspecified atom stereocenters. The van der Waals surface area contributed by atoms with Crippen LogP contribution in [0.25, 0.3) is 0 Å². The summed E-state index contributed by atoms with van der Waals surface area (Å²) >= 11 is 0. The van der Waals surface area contributed by atoms with Crippen molar-refractivity contribution in [2.75, 3.05) is 0 Å². The Morgan fingerprint density at radius 2 is 1.92 bits per heavy atom. The van der Waals surface area contributed by atoms with Gasteiger partial charge in [0.05, 0.1) is 6.42 Å². The zero-order valence-corrected chi connectivity index (χ0v) is 7.67. The van der Waals surface area contributed by atoms with Crippen molar-refractivity contribution in [3.63, 3.8) is 0 Å². The van der Waals surface area contributed by atoms with Crippen LogP contribution in [-0.4, -0.2) is 16.9 Å². The molecule has 3 heteroatoms. The molecule has 0 aromatic rings. The van der Waals surface area contributed by atoms with Crippen LogP contribution in [0, 0.1) is 5.92 Å². The van der Waals surface area contributed by atoms with Crippen molar-refractivity contribution in [1.82, 2.24) is 0 Å². The number of Topliss-reactive ketones (excluding diaryl/α,β-unsaturated/α-hetero) is 1. The molecule has 1 N–H and O–H groups in total. The van der Waals surface area contributed by atoms with Crippen LogP contribution in [0.1, 0.15) is 39.5 Å². The first kappa shape index (κ1) is 11.1. The quantitative estimate of drug-likeness (QED) is 0.665. The Kier molecular flexibility index (Phi) is 5.34. The van der Waals surface area contributed by atoms with E-state index in [-0.39, 0.29) is 24.5 Å². The van der Waals surface area contributed by atoms with Crippen LogP contribution in [0.3, 0.4) is 0 Å². The van der Waals surface area contributed by atoms with E-state index < -0.39 is 5.97 Å². The molecule has 70 valence electrons. The van der Waals surface area contributed by atoms with Crippen LogP contribution in [0.5, 0.6) is 0 Å². The molecule has 0 aliphatic heterocycles. The summed E-state index contributed by atoms with van der Waals surface area (Å²) in [6.07, 6.45) is 1.97. The van der Waals surface area contributed by atoms with E-state index in [0.29, 0.717) is 0 Å². The first-order valence-corrected chi connectivity index (χ1v) is 4.32. The average Bonchev–Trinajstić information content (AvgIpc) is 2.00. The first-order valence-electron chi connectivity index (χ1n) is 4.32. The summed E-state index contributed by atoms with van der Waals surface area (Å²) in [5.41, 5.74) is 0. The lowest BCUT2D eigenvalue weighted by Gasteiger charge is -2.06. The zero-order valence-electron chi connectivity index (χ0n) is 7.67. The number of carboxylic acids is 1. The summed E-state index contributed by atoms with van der Waals surface area (Å²) in [5, 5.41) is 8.32. The number of hydrogen-bond acceptors (Lipinski definition) is 2. The summed E-state index contributed by atoms with van der Waals surface area (Å²) in [5.74, 6) is -0.805. The van der Waals surface area contributed by atoms with E-state index in [1.54, 1.807) is 0 Å². The highest BCUT2D eigenvalue weighted by Crippen LogP contribution is 2.09. The Hall–Kier alpha value is -0.860. The summed E-state index contributed by atoms with van der Waals surface area (Å²) in [7, 11) is 0. The fraction of sp³-hybridized carbons (Fsp3) is 0.778. The summed E-state index contributed by atoms with van der Waals surface area (Å²) < 4.78 is 0. The van der Waals surface area contributed by atoms with Gasteiger partial charge >= 0.3 is 5.97 Å². The molecular weight excluding hydrogens is 156 g/mol. The number of rotatable bonds is 6. The SMILES string of the molecule is CCCC(C)C(=O)CCC(=O)O. The minimum atomic E-state index is -0.896. The molecule has 0 aromatic carbocycles. The fourth-order valence-electron chi connectivity index (χ4n) is 1.07. The van der Waals surface area contributed by atoms with Crippen molar-refractivity contribution >= 4 is 11.8 Å². The van der Waals surface area contributed by atoms with Gasteiger partial charge in [0, 0.05) is 12.3 Å². The highest BCUT2D eigenvalue weighted by molar-refractivity contribution is 5.83. The van der Waals surface area contributed by atoms with Crippen molar-refractivity contribution in [1.29, 1.82) is 0 Å². The number of ketones is 1. The number of aliphatic carboxylic acids is 1. The molecule has 0 saturated heterocycles. The van der Waals surface area contributed by atoms with Crippen LogP contribution in [-0.2, 0) is 9.59 Å². The van der Waals surface area contributed by atoms with E-state index in [1.807, 2.05) is 13.8 Å². The minimum absolute atomic E-state index is 0.0225. The van der Waals surface area contributed by atoms with Crippen LogP contribution in [0.15, 0.2) is 0 Å². The Labute approximate surface area is 72.8 Å². The van der Waals surface area contributed by atoms with Gasteiger partial charge in [-0.2, -0.15) is 0 Å². The van der Waals surface area contributed by atoms with Crippen molar-refractivity contribution < 1.29 is 14.7 Å². The molecule has 0 aliphatic carbocycles. The number of carbonyl (C=O) groups is 2. The Morgan fingerprint density at radius 3 is 2.33 bits per heavy atom. The molecule has 0 fully saturated rings. The molecule has 12 heavy (non-hydrogen) atoms. The van der Waals surface area contributed by atoms with E-state index in [4.69, 9.17) is 5.11 Å². The van der Waals surface area contributed by atoms with E-state index in [2.05, 4.69) is 0 Å². The molecule has 0 bridgehead atoms. The number of carbonyl (C=O) groups excluding carboxylic acids is 1. The maximum absolute atomic E-state index is 11.2. The third-order valence-corrected chi connectivity index (χ3v) is 1.86. The van der Waals surface area contributed by atoms with E-state index in [1.165, 1.54) is 0 Å². The summed E-state index contributed by atoms with van der Waals surface area (Å²) in [4.78, 5) is 21.3. The second-order valence-electron chi connectivity index (χ2n) is 3.05. The third kappa shape index (κ3) is 4.88. The summed E-state index contributed by atoms with van der Waals surface area (Å²) in [6.45, 7) is 3.87. The molecule has 0 aromatic heterocycles. The Balaban J connectivity index is 3.64. The molecule has 3 nitrogen and oxygen atoms in total. The van der Waals surface area contributed by atoms with Gasteiger partial charge in [0.15, 0.2) is 0 Å².